The second kappa shape index (κ2) is 5.08. The highest BCUT2D eigenvalue weighted by Crippen LogP contribution is 2.29. The summed E-state index contributed by atoms with van der Waals surface area (Å²) in [6.07, 6.45) is 0.402. The monoisotopic (exact) mass is 285 g/mol. The fourth-order valence-corrected chi connectivity index (χ4v) is 3.72. The molecule has 19 heavy (non-hydrogen) atoms. The van der Waals surface area contributed by atoms with Gasteiger partial charge < -0.3 is 15.2 Å². The summed E-state index contributed by atoms with van der Waals surface area (Å²) in [4.78, 5) is 12.0. The maximum atomic E-state index is 12.0. The zero-order valence-corrected chi connectivity index (χ0v) is 11.2. The molecule has 0 spiro atoms. The van der Waals surface area contributed by atoms with Gasteiger partial charge in [0.15, 0.2) is 21.3 Å². The summed E-state index contributed by atoms with van der Waals surface area (Å²) in [5.41, 5.74) is 0.0728. The Morgan fingerprint density at radius 3 is 2.79 bits per heavy atom. The van der Waals surface area contributed by atoms with Gasteiger partial charge in [0.05, 0.1) is 24.2 Å². The lowest BCUT2D eigenvalue weighted by atomic mass is 10.1. The molecule has 0 bridgehead atoms. The van der Waals surface area contributed by atoms with Crippen molar-refractivity contribution in [3.63, 3.8) is 0 Å². The average molecular weight is 285 g/mol. The number of para-hydroxylation sites is 1. The lowest BCUT2D eigenvalue weighted by molar-refractivity contribution is 0.0938. The molecule has 1 atom stereocenters. The van der Waals surface area contributed by atoms with Crippen molar-refractivity contribution >= 4 is 15.7 Å². The molecule has 0 radical (unpaired) electrons. The number of aromatic hydroxyl groups is 1. The maximum absolute atomic E-state index is 12.0. The van der Waals surface area contributed by atoms with Crippen molar-refractivity contribution in [3.05, 3.63) is 23.8 Å². The van der Waals surface area contributed by atoms with E-state index in [2.05, 4.69) is 5.32 Å². The van der Waals surface area contributed by atoms with Crippen LogP contribution in [0.1, 0.15) is 16.8 Å². The molecule has 1 heterocycles. The van der Waals surface area contributed by atoms with Gasteiger partial charge in [-0.1, -0.05) is 6.07 Å². The molecule has 1 aliphatic heterocycles. The number of phenols is 1. The van der Waals surface area contributed by atoms with Crippen LogP contribution in [0.3, 0.4) is 0 Å². The Kier molecular flexibility index (Phi) is 3.66. The van der Waals surface area contributed by atoms with Gasteiger partial charge in [0.1, 0.15) is 0 Å². The molecule has 1 aromatic rings. The zero-order valence-electron chi connectivity index (χ0n) is 10.4. The molecule has 2 rings (SSSR count). The Hall–Kier alpha value is -1.76. The zero-order chi connectivity index (χ0) is 14.0. The highest BCUT2D eigenvalue weighted by molar-refractivity contribution is 7.91. The Bertz CT molecular complexity index is 596. The van der Waals surface area contributed by atoms with Crippen LogP contribution in [0.5, 0.6) is 11.5 Å². The lowest BCUT2D eigenvalue weighted by Gasteiger charge is -2.12. The molecule has 7 heteroatoms. The van der Waals surface area contributed by atoms with E-state index in [-0.39, 0.29) is 28.6 Å². The summed E-state index contributed by atoms with van der Waals surface area (Å²) in [6, 6.07) is 4.17. The van der Waals surface area contributed by atoms with Crippen LogP contribution in [0.4, 0.5) is 0 Å². The predicted octanol–water partition coefficient (Wildman–Crippen LogP) is 0.318. The van der Waals surface area contributed by atoms with E-state index in [1.54, 1.807) is 6.07 Å². The van der Waals surface area contributed by atoms with Gasteiger partial charge in [-0.3, -0.25) is 4.79 Å². The second-order valence-electron chi connectivity index (χ2n) is 4.43. The summed E-state index contributed by atoms with van der Waals surface area (Å²) in [5, 5.41) is 12.4. The summed E-state index contributed by atoms with van der Waals surface area (Å²) in [5.74, 6) is -0.514. The molecule has 1 fully saturated rings. The van der Waals surface area contributed by atoms with Gasteiger partial charge in [-0.05, 0) is 18.6 Å². The highest BCUT2D eigenvalue weighted by atomic mass is 32.2. The molecule has 0 saturated carbocycles. The molecular formula is C12H15NO5S. The third kappa shape index (κ3) is 2.98. The van der Waals surface area contributed by atoms with E-state index < -0.39 is 21.8 Å². The standard InChI is InChI=1S/C12H15NO5S/c1-18-10-4-2-3-9(11(10)14)12(15)13-8-5-6-19(16,17)7-8/h2-4,8,14H,5-7H2,1H3,(H,13,15). The first-order chi connectivity index (χ1) is 8.93. The number of carbonyl (C=O) groups is 1. The highest BCUT2D eigenvalue weighted by Gasteiger charge is 2.29. The minimum absolute atomic E-state index is 0.0521. The van der Waals surface area contributed by atoms with E-state index in [0.29, 0.717) is 6.42 Å². The summed E-state index contributed by atoms with van der Waals surface area (Å²) in [7, 11) is -1.66. The number of rotatable bonds is 3. The Morgan fingerprint density at radius 2 is 2.21 bits per heavy atom. The van der Waals surface area contributed by atoms with Crippen LogP contribution in [0.15, 0.2) is 18.2 Å². The number of hydrogen-bond donors (Lipinski definition) is 2. The summed E-state index contributed by atoms with van der Waals surface area (Å²) in [6.45, 7) is 0. The van der Waals surface area contributed by atoms with E-state index >= 15 is 0 Å². The van der Waals surface area contributed by atoms with Crippen molar-refractivity contribution in [2.75, 3.05) is 18.6 Å². The molecule has 1 amide bonds. The van der Waals surface area contributed by atoms with E-state index in [9.17, 15) is 18.3 Å². The number of phenolic OH excluding ortho intramolecular Hbond substituents is 1. The van der Waals surface area contributed by atoms with Crippen LogP contribution in [0.25, 0.3) is 0 Å². The SMILES string of the molecule is COc1cccc(C(=O)NC2CCS(=O)(=O)C2)c1O. The van der Waals surface area contributed by atoms with Crippen LogP contribution >= 0.6 is 0 Å². The minimum atomic E-state index is -3.05. The van der Waals surface area contributed by atoms with E-state index in [4.69, 9.17) is 4.74 Å². The quantitative estimate of drug-likeness (QED) is 0.834. The molecule has 0 aromatic heterocycles. The fraction of sp³-hybridized carbons (Fsp3) is 0.417. The first-order valence-corrected chi connectivity index (χ1v) is 7.62. The molecule has 104 valence electrons. The van der Waals surface area contributed by atoms with Gasteiger partial charge in [-0.2, -0.15) is 0 Å². The van der Waals surface area contributed by atoms with Crippen molar-refractivity contribution in [1.82, 2.24) is 5.32 Å². The van der Waals surface area contributed by atoms with Crippen LogP contribution in [-0.4, -0.2) is 44.1 Å². The molecule has 0 aliphatic carbocycles. The number of hydrogen-bond acceptors (Lipinski definition) is 5. The van der Waals surface area contributed by atoms with Crippen LogP contribution in [0, 0.1) is 0 Å². The van der Waals surface area contributed by atoms with Crippen molar-refractivity contribution in [3.8, 4) is 11.5 Å². The van der Waals surface area contributed by atoms with E-state index in [1.165, 1.54) is 19.2 Å². The second-order valence-corrected chi connectivity index (χ2v) is 6.66. The van der Waals surface area contributed by atoms with Crippen molar-refractivity contribution < 1.29 is 23.1 Å². The van der Waals surface area contributed by atoms with Crippen molar-refractivity contribution in [2.45, 2.75) is 12.5 Å². The predicted molar refractivity (Wildman–Crippen MR) is 69.2 cm³/mol. The fourth-order valence-electron chi connectivity index (χ4n) is 2.04. The van der Waals surface area contributed by atoms with E-state index in [1.807, 2.05) is 0 Å². The third-order valence-corrected chi connectivity index (χ3v) is 4.80. The van der Waals surface area contributed by atoms with E-state index in [0.717, 1.165) is 0 Å². The van der Waals surface area contributed by atoms with Gasteiger partial charge in [-0.15, -0.1) is 0 Å². The molecule has 1 aliphatic rings. The molecular weight excluding hydrogens is 270 g/mol. The molecule has 2 N–H and O–H groups in total. The minimum Gasteiger partial charge on any atom is -0.504 e. The Labute approximate surface area is 111 Å². The van der Waals surface area contributed by atoms with Gasteiger partial charge in [0.2, 0.25) is 0 Å². The number of amides is 1. The lowest BCUT2D eigenvalue weighted by Crippen LogP contribution is -2.35. The number of methoxy groups -OCH3 is 1. The third-order valence-electron chi connectivity index (χ3n) is 3.03. The maximum Gasteiger partial charge on any atom is 0.255 e. The molecule has 1 unspecified atom stereocenters. The average Bonchev–Trinajstić information content (AvgIpc) is 2.68. The smallest absolute Gasteiger partial charge is 0.255 e. The topological polar surface area (TPSA) is 92.7 Å². The van der Waals surface area contributed by atoms with Gasteiger partial charge in [-0.25, -0.2) is 8.42 Å². The number of ether oxygens (including phenoxy) is 1. The van der Waals surface area contributed by atoms with Crippen LogP contribution in [-0.2, 0) is 9.84 Å². The number of benzene rings is 1. The first kappa shape index (κ1) is 13.7. The van der Waals surface area contributed by atoms with Crippen molar-refractivity contribution in [1.29, 1.82) is 0 Å². The number of nitrogens with one attached hydrogen (secondary N) is 1. The molecule has 6 nitrogen and oxygen atoms in total. The van der Waals surface area contributed by atoms with Crippen molar-refractivity contribution in [2.24, 2.45) is 0 Å². The first-order valence-electron chi connectivity index (χ1n) is 5.80. The molecule has 1 saturated heterocycles. The van der Waals surface area contributed by atoms with Gasteiger partial charge in [0, 0.05) is 6.04 Å². The summed E-state index contributed by atoms with van der Waals surface area (Å²) < 4.78 is 27.5. The number of sulfone groups is 1. The molecule has 1 aromatic carbocycles. The van der Waals surface area contributed by atoms with Gasteiger partial charge >= 0.3 is 0 Å². The normalized spacial score (nSPS) is 21.0. The summed E-state index contributed by atoms with van der Waals surface area (Å²) >= 11 is 0. The number of carbonyl (C=O) groups excluding carboxylic acids is 1. The Balaban J connectivity index is 2.13. The van der Waals surface area contributed by atoms with Crippen LogP contribution < -0.4 is 10.1 Å². The largest absolute Gasteiger partial charge is 0.504 e. The van der Waals surface area contributed by atoms with Gasteiger partial charge in [0.25, 0.3) is 5.91 Å². The Morgan fingerprint density at radius 1 is 1.47 bits per heavy atom. The van der Waals surface area contributed by atoms with Crippen LogP contribution in [0.2, 0.25) is 0 Å².